The lowest BCUT2D eigenvalue weighted by Gasteiger charge is -2.06. The van der Waals surface area contributed by atoms with Crippen LogP contribution in [0.5, 0.6) is 0 Å². The molecule has 0 aromatic carbocycles. The van der Waals surface area contributed by atoms with E-state index in [1.807, 2.05) is 13.8 Å². The number of rotatable bonds is 6. The minimum absolute atomic E-state index is 0.0125. The van der Waals surface area contributed by atoms with Gasteiger partial charge in [0.2, 0.25) is 5.91 Å². The number of nitrogens with zero attached hydrogens (tertiary/aromatic N) is 1. The predicted molar refractivity (Wildman–Crippen MR) is 65.8 cm³/mol. The van der Waals surface area contributed by atoms with E-state index in [4.69, 9.17) is 4.52 Å². The molecule has 1 N–H and O–H groups in total. The first-order valence-electron chi connectivity index (χ1n) is 5.51. The maximum Gasteiger partial charge on any atom is 0.232 e. The molecule has 0 fully saturated rings. The summed E-state index contributed by atoms with van der Waals surface area (Å²) in [6.45, 7) is 6.40. The summed E-state index contributed by atoms with van der Waals surface area (Å²) in [4.78, 5) is 11.4. The lowest BCUT2D eigenvalue weighted by molar-refractivity contribution is -0.118. The van der Waals surface area contributed by atoms with E-state index in [9.17, 15) is 9.00 Å². The van der Waals surface area contributed by atoms with Crippen LogP contribution in [0.2, 0.25) is 0 Å². The number of carbonyl (C=O) groups excluding carboxylic acids is 1. The maximum atomic E-state index is 11.6. The van der Waals surface area contributed by atoms with E-state index in [-0.39, 0.29) is 17.4 Å². The lowest BCUT2D eigenvalue weighted by Crippen LogP contribution is -2.31. The molecule has 0 saturated carbocycles. The Bertz CT molecular complexity index is 401. The summed E-state index contributed by atoms with van der Waals surface area (Å²) >= 11 is 0. The van der Waals surface area contributed by atoms with Crippen molar-refractivity contribution in [2.45, 2.75) is 26.5 Å². The van der Waals surface area contributed by atoms with Crippen LogP contribution in [0.4, 0.5) is 0 Å². The van der Waals surface area contributed by atoms with E-state index in [1.165, 1.54) is 0 Å². The molecule has 1 rings (SSSR count). The number of carbonyl (C=O) groups is 1. The van der Waals surface area contributed by atoms with Crippen molar-refractivity contribution >= 4 is 16.7 Å². The zero-order valence-electron chi connectivity index (χ0n) is 10.4. The van der Waals surface area contributed by atoms with E-state index in [0.29, 0.717) is 23.9 Å². The van der Waals surface area contributed by atoms with Crippen LogP contribution in [0.15, 0.2) is 10.6 Å². The average molecular weight is 258 g/mol. The lowest BCUT2D eigenvalue weighted by atomic mass is 10.2. The monoisotopic (exact) mass is 258 g/mol. The Morgan fingerprint density at radius 1 is 1.59 bits per heavy atom. The van der Waals surface area contributed by atoms with Gasteiger partial charge in [-0.3, -0.25) is 9.00 Å². The van der Waals surface area contributed by atoms with Gasteiger partial charge in [-0.05, 0) is 12.8 Å². The zero-order chi connectivity index (χ0) is 12.8. The molecule has 0 aliphatic rings. The molecule has 1 aromatic rings. The number of aromatic nitrogens is 1. The first-order chi connectivity index (χ1) is 7.97. The SMILES string of the molecule is Cc1cc(C[S@@](=O)CC(=O)NCC(C)C)no1. The fourth-order valence-electron chi connectivity index (χ4n) is 1.22. The largest absolute Gasteiger partial charge is 0.361 e. The summed E-state index contributed by atoms with van der Waals surface area (Å²) < 4.78 is 16.5. The first-order valence-corrected chi connectivity index (χ1v) is 7.00. The van der Waals surface area contributed by atoms with E-state index in [2.05, 4.69) is 10.5 Å². The van der Waals surface area contributed by atoms with Gasteiger partial charge in [0, 0.05) is 23.4 Å². The van der Waals surface area contributed by atoms with Crippen molar-refractivity contribution in [2.24, 2.45) is 5.92 Å². The van der Waals surface area contributed by atoms with Gasteiger partial charge in [0.15, 0.2) is 0 Å². The third-order valence-corrected chi connectivity index (χ3v) is 3.19. The minimum atomic E-state index is -1.24. The Labute approximate surface area is 103 Å². The summed E-state index contributed by atoms with van der Waals surface area (Å²) in [5.74, 6) is 1.16. The van der Waals surface area contributed by atoms with Crippen LogP contribution < -0.4 is 5.32 Å². The quantitative estimate of drug-likeness (QED) is 0.826. The Balaban J connectivity index is 2.32. The van der Waals surface area contributed by atoms with Gasteiger partial charge >= 0.3 is 0 Å². The van der Waals surface area contributed by atoms with Gasteiger partial charge in [-0.1, -0.05) is 19.0 Å². The van der Waals surface area contributed by atoms with Gasteiger partial charge in [0.1, 0.15) is 11.5 Å². The van der Waals surface area contributed by atoms with Crippen LogP contribution in [0.3, 0.4) is 0 Å². The highest BCUT2D eigenvalue weighted by atomic mass is 32.2. The number of hydrogen-bond donors (Lipinski definition) is 1. The van der Waals surface area contributed by atoms with Crippen LogP contribution in [0.1, 0.15) is 25.3 Å². The molecule has 96 valence electrons. The summed E-state index contributed by atoms with van der Waals surface area (Å²) in [6, 6.07) is 1.73. The van der Waals surface area contributed by atoms with Crippen molar-refractivity contribution in [3.05, 3.63) is 17.5 Å². The van der Waals surface area contributed by atoms with Gasteiger partial charge in [-0.2, -0.15) is 0 Å². The molecule has 17 heavy (non-hydrogen) atoms. The van der Waals surface area contributed by atoms with E-state index < -0.39 is 10.8 Å². The Kier molecular flexibility index (Phi) is 5.34. The van der Waals surface area contributed by atoms with Gasteiger partial charge < -0.3 is 9.84 Å². The topological polar surface area (TPSA) is 72.2 Å². The minimum Gasteiger partial charge on any atom is -0.361 e. The fourth-order valence-corrected chi connectivity index (χ4v) is 2.18. The highest BCUT2D eigenvalue weighted by molar-refractivity contribution is 7.84. The summed E-state index contributed by atoms with van der Waals surface area (Å²) in [6.07, 6.45) is 0. The second kappa shape index (κ2) is 6.54. The third-order valence-electron chi connectivity index (χ3n) is 1.99. The second-order valence-corrected chi connectivity index (χ2v) is 5.81. The highest BCUT2D eigenvalue weighted by Crippen LogP contribution is 2.04. The number of amides is 1. The van der Waals surface area contributed by atoms with E-state index >= 15 is 0 Å². The first kappa shape index (κ1) is 13.9. The highest BCUT2D eigenvalue weighted by Gasteiger charge is 2.11. The molecular weight excluding hydrogens is 240 g/mol. The van der Waals surface area contributed by atoms with Crippen molar-refractivity contribution < 1.29 is 13.5 Å². The predicted octanol–water partition coefficient (Wildman–Crippen LogP) is 1.00. The van der Waals surface area contributed by atoms with Crippen molar-refractivity contribution in [2.75, 3.05) is 12.3 Å². The van der Waals surface area contributed by atoms with Crippen molar-refractivity contribution in [1.82, 2.24) is 10.5 Å². The van der Waals surface area contributed by atoms with E-state index in [0.717, 1.165) is 0 Å². The molecule has 1 amide bonds. The molecule has 1 atom stereocenters. The molecule has 6 heteroatoms. The van der Waals surface area contributed by atoms with Crippen LogP contribution in [0.25, 0.3) is 0 Å². The van der Waals surface area contributed by atoms with Gasteiger partial charge in [-0.15, -0.1) is 0 Å². The normalized spacial score (nSPS) is 12.7. The van der Waals surface area contributed by atoms with Crippen molar-refractivity contribution in [3.8, 4) is 0 Å². The average Bonchev–Trinajstić information content (AvgIpc) is 2.60. The molecule has 0 unspecified atom stereocenters. The molecule has 1 aromatic heterocycles. The Morgan fingerprint density at radius 2 is 2.29 bits per heavy atom. The maximum absolute atomic E-state index is 11.6. The molecule has 0 aliphatic carbocycles. The summed E-state index contributed by atoms with van der Waals surface area (Å²) in [5, 5.41) is 6.47. The van der Waals surface area contributed by atoms with Crippen LogP contribution in [0, 0.1) is 12.8 Å². The Morgan fingerprint density at radius 3 is 2.82 bits per heavy atom. The van der Waals surface area contributed by atoms with Crippen LogP contribution in [-0.2, 0) is 21.3 Å². The number of hydrogen-bond acceptors (Lipinski definition) is 4. The Hall–Kier alpha value is -1.17. The molecule has 1 heterocycles. The van der Waals surface area contributed by atoms with Gasteiger partial charge in [0.05, 0.1) is 11.4 Å². The van der Waals surface area contributed by atoms with Crippen molar-refractivity contribution in [1.29, 1.82) is 0 Å². The van der Waals surface area contributed by atoms with E-state index in [1.54, 1.807) is 13.0 Å². The molecule has 0 aliphatic heterocycles. The molecule has 5 nitrogen and oxygen atoms in total. The molecule has 0 spiro atoms. The molecule has 0 radical (unpaired) electrons. The zero-order valence-corrected chi connectivity index (χ0v) is 11.2. The molecule has 0 saturated heterocycles. The molecular formula is C11H18N2O3S. The standard InChI is InChI=1S/C11H18N2O3S/c1-8(2)5-12-11(14)7-17(15)6-10-4-9(3)16-13-10/h4,8H,5-7H2,1-3H3,(H,12,14)/t17-/m1/s1. The number of aryl methyl sites for hydroxylation is 1. The fraction of sp³-hybridized carbons (Fsp3) is 0.636. The summed E-state index contributed by atoms with van der Waals surface area (Å²) in [5.41, 5.74) is 0.623. The van der Waals surface area contributed by atoms with Gasteiger partial charge in [-0.25, -0.2) is 0 Å². The second-order valence-electron chi connectivity index (χ2n) is 4.36. The van der Waals surface area contributed by atoms with Crippen LogP contribution >= 0.6 is 0 Å². The summed E-state index contributed by atoms with van der Waals surface area (Å²) in [7, 11) is -1.24. The number of nitrogens with one attached hydrogen (secondary N) is 1. The van der Waals surface area contributed by atoms with Crippen LogP contribution in [-0.4, -0.2) is 27.6 Å². The third kappa shape index (κ3) is 5.63. The smallest absolute Gasteiger partial charge is 0.232 e. The van der Waals surface area contributed by atoms with Crippen molar-refractivity contribution in [3.63, 3.8) is 0 Å². The molecule has 0 bridgehead atoms. The van der Waals surface area contributed by atoms with Gasteiger partial charge in [0.25, 0.3) is 0 Å².